The van der Waals surface area contributed by atoms with Crippen LogP contribution in [-0.2, 0) is 23.8 Å². The standard InChI is InChI=1S/C12H20INO7/c1-19-9(16)8(14-11(18)21-3)5-4-6-12(13,7-15)10(17)20-2/h8,15H,4-7H2,1-3H3,(H,14,18). The maximum Gasteiger partial charge on any atom is 0.407 e. The summed E-state index contributed by atoms with van der Waals surface area (Å²) in [5.74, 6) is -1.15. The van der Waals surface area contributed by atoms with Crippen LogP contribution in [0.4, 0.5) is 4.79 Å². The van der Waals surface area contributed by atoms with Crippen LogP contribution in [-0.4, -0.2) is 60.5 Å². The van der Waals surface area contributed by atoms with Gasteiger partial charge >= 0.3 is 18.0 Å². The van der Waals surface area contributed by atoms with E-state index in [0.717, 1.165) is 0 Å². The minimum Gasteiger partial charge on any atom is -0.468 e. The highest BCUT2D eigenvalue weighted by atomic mass is 127. The van der Waals surface area contributed by atoms with E-state index >= 15 is 0 Å². The van der Waals surface area contributed by atoms with Crippen LogP contribution in [0, 0.1) is 0 Å². The fourth-order valence-electron chi connectivity index (χ4n) is 1.61. The van der Waals surface area contributed by atoms with Gasteiger partial charge < -0.3 is 24.6 Å². The zero-order valence-electron chi connectivity index (χ0n) is 12.2. The van der Waals surface area contributed by atoms with Gasteiger partial charge in [-0.15, -0.1) is 0 Å². The quantitative estimate of drug-likeness (QED) is 0.255. The van der Waals surface area contributed by atoms with Crippen LogP contribution in [0.5, 0.6) is 0 Å². The number of nitrogens with one attached hydrogen (secondary N) is 1. The topological polar surface area (TPSA) is 111 Å². The van der Waals surface area contributed by atoms with E-state index in [2.05, 4.69) is 19.5 Å². The van der Waals surface area contributed by atoms with Crippen molar-refractivity contribution < 1.29 is 33.7 Å². The second-order valence-corrected chi connectivity index (χ2v) is 6.28. The molecule has 0 aliphatic heterocycles. The molecule has 21 heavy (non-hydrogen) atoms. The number of alkyl halides is 1. The minimum atomic E-state index is -1.07. The van der Waals surface area contributed by atoms with Crippen LogP contribution in [0.2, 0.25) is 0 Å². The SMILES string of the molecule is COC(=O)NC(CCCC(I)(CO)C(=O)OC)C(=O)OC. The Hall–Kier alpha value is -1.10. The van der Waals surface area contributed by atoms with Gasteiger partial charge in [0.2, 0.25) is 0 Å². The number of hydrogen-bond acceptors (Lipinski definition) is 7. The number of carbonyl (C=O) groups excluding carboxylic acids is 3. The Kier molecular flexibility index (Phi) is 9.26. The maximum absolute atomic E-state index is 11.6. The van der Waals surface area contributed by atoms with Gasteiger partial charge in [-0.25, -0.2) is 9.59 Å². The number of esters is 2. The normalized spacial score (nSPS) is 14.5. The van der Waals surface area contributed by atoms with Gasteiger partial charge in [-0.05, 0) is 19.3 Å². The summed E-state index contributed by atoms with van der Waals surface area (Å²) in [5, 5.41) is 11.6. The summed E-state index contributed by atoms with van der Waals surface area (Å²) in [4.78, 5) is 34.3. The molecule has 0 aliphatic carbocycles. The Bertz CT molecular complexity index is 377. The van der Waals surface area contributed by atoms with Crippen molar-refractivity contribution in [3.63, 3.8) is 0 Å². The van der Waals surface area contributed by atoms with Crippen LogP contribution in [0.1, 0.15) is 19.3 Å². The van der Waals surface area contributed by atoms with Crippen molar-refractivity contribution in [2.75, 3.05) is 27.9 Å². The molecule has 122 valence electrons. The molecule has 0 saturated carbocycles. The molecule has 0 aromatic heterocycles. The van der Waals surface area contributed by atoms with Gasteiger partial charge in [-0.1, -0.05) is 22.6 Å². The summed E-state index contributed by atoms with van der Waals surface area (Å²) in [7, 11) is 3.63. The fourth-order valence-corrected chi connectivity index (χ4v) is 2.21. The second-order valence-electron chi connectivity index (χ2n) is 4.22. The average molecular weight is 417 g/mol. The highest BCUT2D eigenvalue weighted by Crippen LogP contribution is 2.27. The van der Waals surface area contributed by atoms with E-state index in [9.17, 15) is 19.5 Å². The van der Waals surface area contributed by atoms with Gasteiger partial charge in [0.1, 0.15) is 9.46 Å². The van der Waals surface area contributed by atoms with Gasteiger partial charge in [-0.2, -0.15) is 0 Å². The Morgan fingerprint density at radius 3 is 2.24 bits per heavy atom. The third-order valence-electron chi connectivity index (χ3n) is 2.83. The van der Waals surface area contributed by atoms with Crippen LogP contribution in [0.3, 0.4) is 0 Å². The number of carbonyl (C=O) groups is 3. The van der Waals surface area contributed by atoms with Crippen molar-refractivity contribution in [1.82, 2.24) is 5.32 Å². The minimum absolute atomic E-state index is 0.240. The lowest BCUT2D eigenvalue weighted by molar-refractivity contribution is -0.144. The summed E-state index contributed by atoms with van der Waals surface area (Å²) in [6.07, 6.45) is 0.167. The van der Waals surface area contributed by atoms with Crippen LogP contribution < -0.4 is 5.32 Å². The molecule has 0 bridgehead atoms. The average Bonchev–Trinajstić information content (AvgIpc) is 2.51. The summed E-state index contributed by atoms with van der Waals surface area (Å²) >= 11 is 1.82. The smallest absolute Gasteiger partial charge is 0.407 e. The predicted octanol–water partition coefficient (Wildman–Crippen LogP) is 0.393. The molecule has 0 aromatic rings. The Morgan fingerprint density at radius 1 is 1.19 bits per heavy atom. The molecular formula is C12H20INO7. The number of halogens is 1. The maximum atomic E-state index is 11.6. The zero-order valence-corrected chi connectivity index (χ0v) is 14.3. The van der Waals surface area contributed by atoms with Crippen LogP contribution >= 0.6 is 22.6 Å². The first-order valence-electron chi connectivity index (χ1n) is 6.15. The number of methoxy groups -OCH3 is 3. The Morgan fingerprint density at radius 2 is 1.81 bits per heavy atom. The highest BCUT2D eigenvalue weighted by Gasteiger charge is 2.36. The van der Waals surface area contributed by atoms with Gasteiger partial charge in [0.25, 0.3) is 0 Å². The van der Waals surface area contributed by atoms with Crippen molar-refractivity contribution in [3.05, 3.63) is 0 Å². The summed E-state index contributed by atoms with van der Waals surface area (Å²) in [6, 6.07) is -0.876. The van der Waals surface area contributed by atoms with Crippen molar-refractivity contribution in [2.45, 2.75) is 28.7 Å². The molecule has 0 radical (unpaired) electrons. The Balaban J connectivity index is 4.57. The van der Waals surface area contributed by atoms with Gasteiger partial charge in [0.05, 0.1) is 27.9 Å². The summed E-state index contributed by atoms with van der Waals surface area (Å²) in [5.41, 5.74) is 0. The summed E-state index contributed by atoms with van der Waals surface area (Å²) in [6.45, 7) is -0.381. The molecule has 1 amide bonds. The molecule has 0 aromatic carbocycles. The molecule has 0 rings (SSSR count). The van der Waals surface area contributed by atoms with Crippen molar-refractivity contribution in [1.29, 1.82) is 0 Å². The first-order valence-corrected chi connectivity index (χ1v) is 7.23. The molecule has 0 saturated heterocycles. The number of hydrogen-bond donors (Lipinski definition) is 2. The van der Waals surface area contributed by atoms with Crippen molar-refractivity contribution >= 4 is 40.6 Å². The fraction of sp³-hybridized carbons (Fsp3) is 0.750. The number of amides is 1. The Labute approximate surface area is 136 Å². The number of alkyl carbamates (subject to hydrolysis) is 1. The first kappa shape index (κ1) is 19.9. The molecule has 8 nitrogen and oxygen atoms in total. The highest BCUT2D eigenvalue weighted by molar-refractivity contribution is 14.1. The van der Waals surface area contributed by atoms with Crippen LogP contribution in [0.25, 0.3) is 0 Å². The third-order valence-corrected chi connectivity index (χ3v) is 4.15. The van der Waals surface area contributed by atoms with E-state index in [1.165, 1.54) is 21.3 Å². The molecule has 0 fully saturated rings. The molecule has 2 unspecified atom stereocenters. The van der Waals surface area contributed by atoms with E-state index in [1.54, 1.807) is 0 Å². The van der Waals surface area contributed by atoms with Crippen molar-refractivity contribution in [3.8, 4) is 0 Å². The monoisotopic (exact) mass is 417 g/mol. The lowest BCUT2D eigenvalue weighted by Crippen LogP contribution is -2.42. The molecular weight excluding hydrogens is 397 g/mol. The van der Waals surface area contributed by atoms with Crippen LogP contribution in [0.15, 0.2) is 0 Å². The number of aliphatic hydroxyl groups excluding tert-OH is 1. The molecule has 2 atom stereocenters. The van der Waals surface area contributed by atoms with E-state index in [1.807, 2.05) is 22.6 Å². The predicted molar refractivity (Wildman–Crippen MR) is 81.0 cm³/mol. The number of rotatable bonds is 8. The van der Waals surface area contributed by atoms with E-state index < -0.39 is 27.5 Å². The van der Waals surface area contributed by atoms with E-state index in [4.69, 9.17) is 0 Å². The number of ether oxygens (including phenoxy) is 3. The zero-order chi connectivity index (χ0) is 16.5. The molecule has 0 heterocycles. The molecule has 0 aliphatic rings. The lowest BCUT2D eigenvalue weighted by Gasteiger charge is -2.23. The lowest BCUT2D eigenvalue weighted by atomic mass is 10.0. The largest absolute Gasteiger partial charge is 0.468 e. The number of aliphatic hydroxyl groups is 1. The van der Waals surface area contributed by atoms with Gasteiger partial charge in [0.15, 0.2) is 0 Å². The van der Waals surface area contributed by atoms with Gasteiger partial charge in [0, 0.05) is 0 Å². The first-order chi connectivity index (χ1) is 9.84. The molecule has 2 N–H and O–H groups in total. The third kappa shape index (κ3) is 6.46. The van der Waals surface area contributed by atoms with E-state index in [-0.39, 0.29) is 19.4 Å². The van der Waals surface area contributed by atoms with Gasteiger partial charge in [-0.3, -0.25) is 4.79 Å². The van der Waals surface area contributed by atoms with Crippen molar-refractivity contribution in [2.24, 2.45) is 0 Å². The molecule has 9 heteroatoms. The van der Waals surface area contributed by atoms with E-state index in [0.29, 0.717) is 6.42 Å². The summed E-state index contributed by atoms with van der Waals surface area (Å²) < 4.78 is 12.6. The second kappa shape index (κ2) is 9.77. The molecule has 0 spiro atoms.